The maximum atomic E-state index is 5.24. The Hall–Kier alpha value is -2.41. The summed E-state index contributed by atoms with van der Waals surface area (Å²) in [6, 6.07) is 0. The molecule has 0 bridgehead atoms. The minimum atomic E-state index is 0.540. The lowest BCUT2D eigenvalue weighted by Crippen LogP contribution is -2.01. The van der Waals surface area contributed by atoms with Crippen LogP contribution in [0, 0.1) is 13.8 Å². The summed E-state index contributed by atoms with van der Waals surface area (Å²) in [5, 5.41) is 0.861. The topological polar surface area (TPSA) is 70.0 Å². The van der Waals surface area contributed by atoms with Gasteiger partial charge in [0.25, 0.3) is 0 Å². The minimum absolute atomic E-state index is 0.540. The SMILES string of the molecule is C=C(C)OCC.C=C(OCC)c1ncc(CC)c(C)n1.CCc1cnc(SC)nc1C. The van der Waals surface area contributed by atoms with E-state index in [1.54, 1.807) is 11.8 Å². The Morgan fingerprint density at radius 1 is 0.871 bits per heavy atom. The van der Waals surface area contributed by atoms with E-state index >= 15 is 0 Å². The van der Waals surface area contributed by atoms with E-state index in [-0.39, 0.29) is 0 Å². The third-order valence-electron chi connectivity index (χ3n) is 4.04. The number of nitrogens with zero attached hydrogens (tertiary/aromatic N) is 4. The first kappa shape index (κ1) is 28.6. The Kier molecular flexibility index (Phi) is 15.0. The van der Waals surface area contributed by atoms with E-state index in [1.807, 2.05) is 53.3 Å². The lowest BCUT2D eigenvalue weighted by molar-refractivity contribution is 0.233. The largest absolute Gasteiger partial charge is 0.499 e. The molecule has 0 aromatic carbocycles. The predicted molar refractivity (Wildman–Crippen MR) is 131 cm³/mol. The van der Waals surface area contributed by atoms with Gasteiger partial charge in [-0.15, -0.1) is 0 Å². The molecule has 0 N–H and O–H groups in total. The summed E-state index contributed by atoms with van der Waals surface area (Å²) in [5.41, 5.74) is 4.51. The van der Waals surface area contributed by atoms with Crippen molar-refractivity contribution in [2.45, 2.75) is 66.5 Å². The number of rotatable bonds is 8. The summed E-state index contributed by atoms with van der Waals surface area (Å²) in [6.07, 6.45) is 7.70. The molecule has 31 heavy (non-hydrogen) atoms. The first-order valence-corrected chi connectivity index (χ1v) is 11.8. The second-order valence-corrected chi connectivity index (χ2v) is 7.24. The van der Waals surface area contributed by atoms with Crippen molar-refractivity contribution in [3.63, 3.8) is 0 Å². The lowest BCUT2D eigenvalue weighted by atomic mass is 10.2. The minimum Gasteiger partial charge on any atom is -0.499 e. The van der Waals surface area contributed by atoms with Crippen LogP contribution in [0.2, 0.25) is 0 Å². The fourth-order valence-corrected chi connectivity index (χ4v) is 2.76. The third kappa shape index (κ3) is 11.5. The molecule has 0 atom stereocenters. The van der Waals surface area contributed by atoms with E-state index in [4.69, 9.17) is 9.47 Å². The molecule has 0 spiro atoms. The van der Waals surface area contributed by atoms with E-state index in [1.165, 1.54) is 5.56 Å². The molecule has 0 saturated carbocycles. The molecule has 0 aliphatic heterocycles. The summed E-state index contributed by atoms with van der Waals surface area (Å²) < 4.78 is 10.1. The van der Waals surface area contributed by atoms with Crippen LogP contribution in [0.3, 0.4) is 0 Å². The lowest BCUT2D eigenvalue weighted by Gasteiger charge is -2.07. The Labute approximate surface area is 192 Å². The number of ether oxygens (including phenoxy) is 2. The molecule has 2 heterocycles. The maximum absolute atomic E-state index is 5.24. The fourth-order valence-electron chi connectivity index (χ4n) is 2.37. The standard InChI is InChI=1S/C11H16N2O.C8H12N2S.C5H10O/c1-5-10-7-12-11(13-8(10)3)9(4)14-6-2;1-4-7-5-9-8(11-3)10-6(7)2;1-4-6-5(2)3/h7H,4-6H2,1-3H3;5H,4H2,1-3H3;2,4H2,1,3H3. The highest BCUT2D eigenvalue weighted by atomic mass is 32.2. The van der Waals surface area contributed by atoms with E-state index in [9.17, 15) is 0 Å². The molecule has 0 aliphatic carbocycles. The van der Waals surface area contributed by atoms with Crippen molar-refractivity contribution in [1.29, 1.82) is 0 Å². The van der Waals surface area contributed by atoms with E-state index in [0.717, 1.165) is 47.3 Å². The molecule has 0 fully saturated rings. The molecule has 2 aromatic rings. The van der Waals surface area contributed by atoms with Crippen LogP contribution in [0.1, 0.15) is 63.0 Å². The van der Waals surface area contributed by atoms with Gasteiger partial charge in [0.2, 0.25) is 0 Å². The molecule has 0 unspecified atom stereocenters. The Morgan fingerprint density at radius 2 is 1.39 bits per heavy atom. The van der Waals surface area contributed by atoms with Crippen LogP contribution in [0.4, 0.5) is 0 Å². The van der Waals surface area contributed by atoms with Crippen LogP contribution in [0.5, 0.6) is 0 Å². The summed E-state index contributed by atoms with van der Waals surface area (Å²) in [7, 11) is 0. The maximum Gasteiger partial charge on any atom is 0.194 e. The molecular weight excluding hydrogens is 408 g/mol. The first-order valence-electron chi connectivity index (χ1n) is 10.5. The van der Waals surface area contributed by atoms with Crippen molar-refractivity contribution < 1.29 is 9.47 Å². The van der Waals surface area contributed by atoms with Crippen LogP contribution < -0.4 is 0 Å². The molecule has 0 amide bonds. The number of thioether (sulfide) groups is 1. The van der Waals surface area contributed by atoms with Gasteiger partial charge in [0.15, 0.2) is 16.7 Å². The Morgan fingerprint density at radius 3 is 1.74 bits per heavy atom. The zero-order valence-electron chi connectivity index (χ0n) is 20.4. The summed E-state index contributed by atoms with van der Waals surface area (Å²) in [6.45, 7) is 22.5. The van der Waals surface area contributed by atoms with E-state index < -0.39 is 0 Å². The van der Waals surface area contributed by atoms with Crippen LogP contribution in [0.25, 0.3) is 5.76 Å². The number of aromatic nitrogens is 4. The van der Waals surface area contributed by atoms with Crippen molar-refractivity contribution in [2.24, 2.45) is 0 Å². The molecule has 0 saturated heterocycles. The normalized spacial score (nSPS) is 9.55. The summed E-state index contributed by atoms with van der Waals surface area (Å²) in [5.74, 6) is 1.91. The molecule has 7 heteroatoms. The zero-order valence-corrected chi connectivity index (χ0v) is 21.2. The highest BCUT2D eigenvalue weighted by Crippen LogP contribution is 2.12. The second-order valence-electron chi connectivity index (χ2n) is 6.47. The van der Waals surface area contributed by atoms with Crippen molar-refractivity contribution in [3.05, 3.63) is 59.6 Å². The van der Waals surface area contributed by atoms with Crippen molar-refractivity contribution in [3.8, 4) is 0 Å². The third-order valence-corrected chi connectivity index (χ3v) is 4.60. The molecule has 2 rings (SSSR count). The number of hydrogen-bond acceptors (Lipinski definition) is 7. The zero-order chi connectivity index (χ0) is 23.8. The van der Waals surface area contributed by atoms with Crippen molar-refractivity contribution >= 4 is 17.5 Å². The van der Waals surface area contributed by atoms with Gasteiger partial charge in [0.05, 0.1) is 19.0 Å². The van der Waals surface area contributed by atoms with Crippen molar-refractivity contribution in [2.75, 3.05) is 19.5 Å². The highest BCUT2D eigenvalue weighted by molar-refractivity contribution is 7.98. The van der Waals surface area contributed by atoms with Crippen LogP contribution in [-0.2, 0) is 22.3 Å². The second kappa shape index (κ2) is 16.3. The van der Waals surface area contributed by atoms with Gasteiger partial charge in [-0.25, -0.2) is 19.9 Å². The average Bonchev–Trinajstić information content (AvgIpc) is 2.74. The van der Waals surface area contributed by atoms with Gasteiger partial charge in [-0.1, -0.05) is 38.8 Å². The molecule has 6 nitrogen and oxygen atoms in total. The fraction of sp³-hybridized carbons (Fsp3) is 0.500. The number of allylic oxidation sites excluding steroid dienone is 1. The molecule has 0 aliphatic rings. The van der Waals surface area contributed by atoms with Crippen LogP contribution in [-0.4, -0.2) is 39.4 Å². The Bertz CT molecular complexity index is 825. The van der Waals surface area contributed by atoms with Gasteiger partial charge in [-0.2, -0.15) is 0 Å². The van der Waals surface area contributed by atoms with Gasteiger partial charge < -0.3 is 9.47 Å². The quantitative estimate of drug-likeness (QED) is 0.280. The number of hydrogen-bond donors (Lipinski definition) is 0. The Balaban J connectivity index is 0.000000472. The molecule has 172 valence electrons. The van der Waals surface area contributed by atoms with Crippen molar-refractivity contribution in [1.82, 2.24) is 19.9 Å². The van der Waals surface area contributed by atoms with Gasteiger partial charge in [0.1, 0.15) is 0 Å². The van der Waals surface area contributed by atoms with Gasteiger partial charge >= 0.3 is 0 Å². The van der Waals surface area contributed by atoms with Gasteiger partial charge in [0, 0.05) is 23.8 Å². The highest BCUT2D eigenvalue weighted by Gasteiger charge is 2.05. The molecule has 2 aromatic heterocycles. The predicted octanol–water partition coefficient (Wildman–Crippen LogP) is 5.98. The monoisotopic (exact) mass is 446 g/mol. The van der Waals surface area contributed by atoms with E-state index in [2.05, 4.69) is 46.9 Å². The van der Waals surface area contributed by atoms with Crippen LogP contribution >= 0.6 is 11.8 Å². The summed E-state index contributed by atoms with van der Waals surface area (Å²) >= 11 is 1.58. The smallest absolute Gasteiger partial charge is 0.194 e. The average molecular weight is 447 g/mol. The van der Waals surface area contributed by atoms with E-state index in [0.29, 0.717) is 18.2 Å². The molecule has 0 radical (unpaired) electrons. The molecular formula is C24H38N4O2S. The first-order chi connectivity index (χ1) is 14.7. The summed E-state index contributed by atoms with van der Waals surface area (Å²) in [4.78, 5) is 17.0. The van der Waals surface area contributed by atoms with Gasteiger partial charge in [-0.05, 0) is 64.8 Å². The number of aryl methyl sites for hydroxylation is 4. The van der Waals surface area contributed by atoms with Crippen LogP contribution in [0.15, 0.2) is 36.5 Å². The van der Waals surface area contributed by atoms with Gasteiger partial charge in [-0.3, -0.25) is 0 Å².